The van der Waals surface area contributed by atoms with Gasteiger partial charge in [-0.25, -0.2) is 9.97 Å². The number of aromatic nitrogens is 2. The molecule has 1 saturated heterocycles. The van der Waals surface area contributed by atoms with Crippen LogP contribution in [0.15, 0.2) is 30.5 Å². The summed E-state index contributed by atoms with van der Waals surface area (Å²) >= 11 is 0. The van der Waals surface area contributed by atoms with Crippen LogP contribution in [0.1, 0.15) is 16.8 Å². The second-order valence-corrected chi connectivity index (χ2v) is 6.33. The zero-order valence-corrected chi connectivity index (χ0v) is 15.0. The molecule has 2 heterocycles. The normalized spacial score (nSPS) is 14.5. The molecular formula is C19H24N4O2. The Morgan fingerprint density at radius 3 is 2.64 bits per heavy atom. The number of aryl methyl sites for hydroxylation is 2. The van der Waals surface area contributed by atoms with E-state index in [-0.39, 0.29) is 5.91 Å². The van der Waals surface area contributed by atoms with Crippen molar-refractivity contribution in [2.45, 2.75) is 20.3 Å². The molecular weight excluding hydrogens is 316 g/mol. The van der Waals surface area contributed by atoms with Gasteiger partial charge in [0.05, 0.1) is 13.5 Å². The zero-order chi connectivity index (χ0) is 17.8. The lowest BCUT2D eigenvalue weighted by atomic mass is 10.1. The lowest BCUT2D eigenvalue weighted by molar-refractivity contribution is -0.130. The third kappa shape index (κ3) is 4.07. The number of ether oxygens (including phenoxy) is 1. The van der Waals surface area contributed by atoms with Gasteiger partial charge in [-0.15, -0.1) is 0 Å². The van der Waals surface area contributed by atoms with Gasteiger partial charge in [0.2, 0.25) is 11.9 Å². The van der Waals surface area contributed by atoms with Crippen LogP contribution in [0, 0.1) is 13.8 Å². The fourth-order valence-electron chi connectivity index (χ4n) is 2.89. The molecule has 132 valence electrons. The maximum Gasteiger partial charge on any atom is 0.227 e. The largest absolute Gasteiger partial charge is 0.497 e. The summed E-state index contributed by atoms with van der Waals surface area (Å²) in [6.45, 7) is 6.90. The quantitative estimate of drug-likeness (QED) is 0.852. The summed E-state index contributed by atoms with van der Waals surface area (Å²) < 4.78 is 5.22. The molecule has 2 aromatic rings. The van der Waals surface area contributed by atoms with Crippen LogP contribution in [-0.4, -0.2) is 54.1 Å². The first kappa shape index (κ1) is 17.2. The van der Waals surface area contributed by atoms with E-state index < -0.39 is 0 Å². The second-order valence-electron chi connectivity index (χ2n) is 6.33. The van der Waals surface area contributed by atoms with Gasteiger partial charge in [-0.3, -0.25) is 4.79 Å². The Hall–Kier alpha value is -2.63. The number of hydrogen-bond acceptors (Lipinski definition) is 5. The first-order valence-electron chi connectivity index (χ1n) is 8.52. The predicted molar refractivity (Wildman–Crippen MR) is 97.0 cm³/mol. The van der Waals surface area contributed by atoms with E-state index >= 15 is 0 Å². The number of benzene rings is 1. The number of nitrogens with zero attached hydrogens (tertiary/aromatic N) is 4. The van der Waals surface area contributed by atoms with Gasteiger partial charge in [0.1, 0.15) is 5.75 Å². The molecule has 0 spiro atoms. The zero-order valence-electron chi connectivity index (χ0n) is 15.0. The Kier molecular flexibility index (Phi) is 5.16. The van der Waals surface area contributed by atoms with Gasteiger partial charge in [0.15, 0.2) is 0 Å². The van der Waals surface area contributed by atoms with Gasteiger partial charge in [0, 0.05) is 38.1 Å². The van der Waals surface area contributed by atoms with Crippen molar-refractivity contribution < 1.29 is 9.53 Å². The minimum Gasteiger partial charge on any atom is -0.497 e. The van der Waals surface area contributed by atoms with Crippen LogP contribution >= 0.6 is 0 Å². The predicted octanol–water partition coefficient (Wildman–Crippen LogP) is 1.99. The summed E-state index contributed by atoms with van der Waals surface area (Å²) in [4.78, 5) is 25.6. The Morgan fingerprint density at radius 1 is 1.20 bits per heavy atom. The Balaban J connectivity index is 1.57. The lowest BCUT2D eigenvalue weighted by Crippen LogP contribution is -2.49. The number of rotatable bonds is 4. The van der Waals surface area contributed by atoms with Crippen molar-refractivity contribution in [1.29, 1.82) is 0 Å². The molecule has 1 amide bonds. The van der Waals surface area contributed by atoms with Gasteiger partial charge < -0.3 is 14.5 Å². The molecule has 1 aliphatic heterocycles. The molecule has 0 aliphatic carbocycles. The van der Waals surface area contributed by atoms with Crippen LogP contribution in [0.25, 0.3) is 0 Å². The topological polar surface area (TPSA) is 58.6 Å². The SMILES string of the molecule is COc1cccc(CC(=O)N2CCN(c3ncc(C)c(C)n3)CC2)c1. The number of methoxy groups -OCH3 is 1. The maximum absolute atomic E-state index is 12.5. The standard InChI is InChI=1S/C19H24N4O2/c1-14-13-20-19(21-15(14)2)23-9-7-22(8-10-23)18(24)12-16-5-4-6-17(11-16)25-3/h4-6,11,13H,7-10,12H2,1-3H3. The van der Waals surface area contributed by atoms with Crippen molar-refractivity contribution in [3.8, 4) is 5.75 Å². The van der Waals surface area contributed by atoms with Gasteiger partial charge in [-0.1, -0.05) is 12.1 Å². The van der Waals surface area contributed by atoms with Crippen LogP contribution in [0.3, 0.4) is 0 Å². The molecule has 25 heavy (non-hydrogen) atoms. The number of anilines is 1. The fourth-order valence-corrected chi connectivity index (χ4v) is 2.89. The molecule has 0 N–H and O–H groups in total. The third-order valence-corrected chi connectivity index (χ3v) is 4.62. The highest BCUT2D eigenvalue weighted by molar-refractivity contribution is 5.79. The third-order valence-electron chi connectivity index (χ3n) is 4.62. The summed E-state index contributed by atoms with van der Waals surface area (Å²) in [6, 6.07) is 7.67. The van der Waals surface area contributed by atoms with Crippen LogP contribution in [0.4, 0.5) is 5.95 Å². The summed E-state index contributed by atoms with van der Waals surface area (Å²) in [6.07, 6.45) is 2.26. The number of carbonyl (C=O) groups excluding carboxylic acids is 1. The van der Waals surface area contributed by atoms with E-state index in [1.165, 1.54) is 0 Å². The van der Waals surface area contributed by atoms with E-state index in [1.54, 1.807) is 7.11 Å². The summed E-state index contributed by atoms with van der Waals surface area (Å²) in [5.41, 5.74) is 3.07. The molecule has 1 fully saturated rings. The molecule has 1 aromatic carbocycles. The Morgan fingerprint density at radius 2 is 1.96 bits per heavy atom. The highest BCUT2D eigenvalue weighted by Gasteiger charge is 2.22. The van der Waals surface area contributed by atoms with Crippen molar-refractivity contribution in [1.82, 2.24) is 14.9 Å². The van der Waals surface area contributed by atoms with Crippen LogP contribution in [0.5, 0.6) is 5.75 Å². The van der Waals surface area contributed by atoms with Gasteiger partial charge in [-0.05, 0) is 37.1 Å². The Bertz CT molecular complexity index is 755. The van der Waals surface area contributed by atoms with Crippen molar-refractivity contribution in [3.05, 3.63) is 47.3 Å². The minimum atomic E-state index is 0.147. The van der Waals surface area contributed by atoms with Crippen molar-refractivity contribution in [2.75, 3.05) is 38.2 Å². The van der Waals surface area contributed by atoms with Crippen LogP contribution in [-0.2, 0) is 11.2 Å². The summed E-state index contributed by atoms with van der Waals surface area (Å²) in [7, 11) is 1.63. The van der Waals surface area contributed by atoms with E-state index in [0.717, 1.165) is 41.6 Å². The molecule has 0 radical (unpaired) electrons. The molecule has 0 bridgehead atoms. The van der Waals surface area contributed by atoms with E-state index in [0.29, 0.717) is 19.5 Å². The number of amides is 1. The molecule has 1 aliphatic rings. The summed E-state index contributed by atoms with van der Waals surface area (Å²) in [5.74, 6) is 1.68. The monoisotopic (exact) mass is 340 g/mol. The van der Waals surface area contributed by atoms with E-state index in [9.17, 15) is 4.79 Å². The first-order chi connectivity index (χ1) is 12.1. The van der Waals surface area contributed by atoms with Gasteiger partial charge in [-0.2, -0.15) is 0 Å². The fraction of sp³-hybridized carbons (Fsp3) is 0.421. The van der Waals surface area contributed by atoms with E-state index in [1.807, 2.05) is 49.2 Å². The van der Waals surface area contributed by atoms with Gasteiger partial charge >= 0.3 is 0 Å². The van der Waals surface area contributed by atoms with Crippen molar-refractivity contribution >= 4 is 11.9 Å². The Labute approximate surface area is 148 Å². The lowest BCUT2D eigenvalue weighted by Gasteiger charge is -2.35. The van der Waals surface area contributed by atoms with Crippen molar-refractivity contribution in [3.63, 3.8) is 0 Å². The average molecular weight is 340 g/mol. The number of piperazine rings is 1. The smallest absolute Gasteiger partial charge is 0.227 e. The first-order valence-corrected chi connectivity index (χ1v) is 8.52. The average Bonchev–Trinajstić information content (AvgIpc) is 2.64. The molecule has 0 atom stereocenters. The van der Waals surface area contributed by atoms with Crippen molar-refractivity contribution in [2.24, 2.45) is 0 Å². The molecule has 6 heteroatoms. The highest BCUT2D eigenvalue weighted by atomic mass is 16.5. The van der Waals surface area contributed by atoms with E-state index in [4.69, 9.17) is 4.74 Å². The number of carbonyl (C=O) groups is 1. The van der Waals surface area contributed by atoms with E-state index in [2.05, 4.69) is 14.9 Å². The molecule has 1 aromatic heterocycles. The number of hydrogen-bond donors (Lipinski definition) is 0. The summed E-state index contributed by atoms with van der Waals surface area (Å²) in [5, 5.41) is 0. The maximum atomic E-state index is 12.5. The molecule has 0 saturated carbocycles. The van der Waals surface area contributed by atoms with Gasteiger partial charge in [0.25, 0.3) is 0 Å². The molecule has 6 nitrogen and oxygen atoms in total. The van der Waals surface area contributed by atoms with Crippen LogP contribution < -0.4 is 9.64 Å². The highest BCUT2D eigenvalue weighted by Crippen LogP contribution is 2.16. The second kappa shape index (κ2) is 7.51. The molecule has 0 unspecified atom stereocenters. The van der Waals surface area contributed by atoms with Crippen LogP contribution in [0.2, 0.25) is 0 Å². The molecule has 3 rings (SSSR count). The minimum absolute atomic E-state index is 0.147.